The average Bonchev–Trinajstić information content (AvgIpc) is 2.62. The highest BCUT2D eigenvalue weighted by Gasteiger charge is 2.21. The first kappa shape index (κ1) is 13.2. The molecule has 0 radical (unpaired) electrons. The molecule has 1 saturated heterocycles. The lowest BCUT2D eigenvalue weighted by Crippen LogP contribution is -2.26. The maximum absolute atomic E-state index is 5.81. The van der Waals surface area contributed by atoms with Crippen LogP contribution in [0.15, 0.2) is 6.07 Å². The molecular weight excluding hydrogens is 244 g/mol. The molecule has 0 bridgehead atoms. The van der Waals surface area contributed by atoms with Crippen molar-refractivity contribution in [1.82, 2.24) is 9.88 Å². The quantitative estimate of drug-likeness (QED) is 0.809. The van der Waals surface area contributed by atoms with E-state index in [4.69, 9.17) is 18.0 Å². The fourth-order valence-electron chi connectivity index (χ4n) is 2.50. The van der Waals surface area contributed by atoms with Gasteiger partial charge in [-0.3, -0.25) is 0 Å². The smallest absolute Gasteiger partial charge is 0.137 e. The largest absolute Gasteiger partial charge is 0.389 e. The summed E-state index contributed by atoms with van der Waals surface area (Å²) in [4.78, 5) is 7.26. The molecule has 3 N–H and O–H groups in total. The van der Waals surface area contributed by atoms with E-state index < -0.39 is 0 Å². The first-order chi connectivity index (χ1) is 8.47. The Bertz CT molecular complexity index is 472. The Morgan fingerprint density at radius 2 is 2.28 bits per heavy atom. The van der Waals surface area contributed by atoms with Crippen LogP contribution < -0.4 is 11.1 Å². The van der Waals surface area contributed by atoms with Gasteiger partial charge in [0.25, 0.3) is 0 Å². The van der Waals surface area contributed by atoms with Crippen molar-refractivity contribution in [2.75, 3.05) is 25.5 Å². The first-order valence-electron chi connectivity index (χ1n) is 6.20. The highest BCUT2D eigenvalue weighted by atomic mass is 32.1. The van der Waals surface area contributed by atoms with Crippen molar-refractivity contribution >= 4 is 23.0 Å². The average molecular weight is 264 g/mol. The second-order valence-corrected chi connectivity index (χ2v) is 5.50. The van der Waals surface area contributed by atoms with E-state index in [1.807, 2.05) is 19.9 Å². The minimum absolute atomic E-state index is 0.411. The molecule has 1 atom stereocenters. The summed E-state index contributed by atoms with van der Waals surface area (Å²) >= 11 is 5.13. The Morgan fingerprint density at radius 1 is 1.56 bits per heavy atom. The molecule has 0 aromatic carbocycles. The van der Waals surface area contributed by atoms with Gasteiger partial charge in [0.1, 0.15) is 10.8 Å². The molecule has 98 valence electrons. The number of nitrogens with one attached hydrogen (secondary N) is 1. The van der Waals surface area contributed by atoms with Crippen molar-refractivity contribution in [3.8, 4) is 0 Å². The number of hydrogen-bond donors (Lipinski definition) is 2. The van der Waals surface area contributed by atoms with Crippen molar-refractivity contribution in [3.63, 3.8) is 0 Å². The zero-order valence-corrected chi connectivity index (χ0v) is 12.0. The number of likely N-dealkylation sites (N-methyl/N-ethyl adjacent to an activating group) is 1. The van der Waals surface area contributed by atoms with Crippen LogP contribution in [0.1, 0.15) is 23.2 Å². The Morgan fingerprint density at radius 3 is 2.83 bits per heavy atom. The van der Waals surface area contributed by atoms with Crippen LogP contribution in [-0.4, -0.2) is 41.1 Å². The van der Waals surface area contributed by atoms with Crippen LogP contribution in [-0.2, 0) is 0 Å². The molecule has 0 saturated carbocycles. The maximum Gasteiger partial charge on any atom is 0.137 e. The van der Waals surface area contributed by atoms with Crippen molar-refractivity contribution < 1.29 is 0 Å². The summed E-state index contributed by atoms with van der Waals surface area (Å²) in [5.74, 6) is 0.834. The zero-order valence-electron chi connectivity index (χ0n) is 11.2. The van der Waals surface area contributed by atoms with Gasteiger partial charge in [0.2, 0.25) is 0 Å². The van der Waals surface area contributed by atoms with E-state index in [-0.39, 0.29) is 0 Å². The van der Waals surface area contributed by atoms with E-state index in [0.29, 0.717) is 11.0 Å². The maximum atomic E-state index is 5.81. The standard InChI is InChI=1S/C13H20N4S/c1-8-6-9(2)15-13(11(8)12(14)18)16-10-4-5-17(3)7-10/h6,10H,4-5,7H2,1-3H3,(H2,14,18)(H,15,16). The summed E-state index contributed by atoms with van der Waals surface area (Å²) in [5.41, 5.74) is 8.76. The van der Waals surface area contributed by atoms with Crippen molar-refractivity contribution in [2.24, 2.45) is 5.73 Å². The molecule has 18 heavy (non-hydrogen) atoms. The Balaban J connectivity index is 2.28. The first-order valence-corrected chi connectivity index (χ1v) is 6.61. The molecule has 1 aromatic heterocycles. The van der Waals surface area contributed by atoms with Gasteiger partial charge in [-0.05, 0) is 45.5 Å². The predicted octanol–water partition coefficient (Wildman–Crippen LogP) is 1.45. The lowest BCUT2D eigenvalue weighted by atomic mass is 10.1. The van der Waals surface area contributed by atoms with Crippen LogP contribution in [0.5, 0.6) is 0 Å². The number of pyridine rings is 1. The number of likely N-dealkylation sites (tertiary alicyclic amines) is 1. The van der Waals surface area contributed by atoms with Crippen LogP contribution in [0.3, 0.4) is 0 Å². The molecular formula is C13H20N4S. The van der Waals surface area contributed by atoms with E-state index in [1.54, 1.807) is 0 Å². The molecule has 1 aliphatic heterocycles. The van der Waals surface area contributed by atoms with Gasteiger partial charge in [-0.1, -0.05) is 12.2 Å². The molecule has 1 fully saturated rings. The number of aryl methyl sites for hydroxylation is 2. The van der Waals surface area contributed by atoms with Gasteiger partial charge >= 0.3 is 0 Å². The molecule has 2 heterocycles. The number of nitrogens with two attached hydrogens (primary N) is 1. The SMILES string of the molecule is Cc1cc(C)c(C(N)=S)c(NC2CCN(C)C2)n1. The van der Waals surface area contributed by atoms with E-state index in [0.717, 1.165) is 42.1 Å². The predicted molar refractivity (Wildman–Crippen MR) is 79.1 cm³/mol. The van der Waals surface area contributed by atoms with Crippen LogP contribution >= 0.6 is 12.2 Å². The minimum Gasteiger partial charge on any atom is -0.389 e. The van der Waals surface area contributed by atoms with Gasteiger partial charge in [0, 0.05) is 18.3 Å². The summed E-state index contributed by atoms with van der Waals surface area (Å²) < 4.78 is 0. The van der Waals surface area contributed by atoms with Gasteiger partial charge in [0.05, 0.1) is 5.56 Å². The summed E-state index contributed by atoms with van der Waals surface area (Å²) in [6.45, 7) is 6.16. The minimum atomic E-state index is 0.411. The van der Waals surface area contributed by atoms with Crippen LogP contribution in [0, 0.1) is 13.8 Å². The Hall–Kier alpha value is -1.20. The molecule has 1 aromatic rings. The number of nitrogens with zero attached hydrogens (tertiary/aromatic N) is 2. The van der Waals surface area contributed by atoms with E-state index in [1.165, 1.54) is 0 Å². The third kappa shape index (κ3) is 2.79. The molecule has 5 heteroatoms. The monoisotopic (exact) mass is 264 g/mol. The number of aromatic nitrogens is 1. The fourth-order valence-corrected chi connectivity index (χ4v) is 2.76. The molecule has 1 aliphatic rings. The second-order valence-electron chi connectivity index (χ2n) is 5.06. The lowest BCUT2D eigenvalue weighted by Gasteiger charge is -2.18. The Labute approximate surface area is 114 Å². The van der Waals surface area contributed by atoms with E-state index in [9.17, 15) is 0 Å². The molecule has 0 aliphatic carbocycles. The highest BCUT2D eigenvalue weighted by Crippen LogP contribution is 2.21. The zero-order chi connectivity index (χ0) is 13.3. The molecule has 0 spiro atoms. The number of anilines is 1. The summed E-state index contributed by atoms with van der Waals surface area (Å²) in [6.07, 6.45) is 1.13. The topological polar surface area (TPSA) is 54.2 Å². The molecule has 0 amide bonds. The summed E-state index contributed by atoms with van der Waals surface area (Å²) in [7, 11) is 2.13. The van der Waals surface area contributed by atoms with Crippen molar-refractivity contribution in [1.29, 1.82) is 0 Å². The van der Waals surface area contributed by atoms with E-state index in [2.05, 4.69) is 22.2 Å². The number of hydrogen-bond acceptors (Lipinski definition) is 4. The fraction of sp³-hybridized carbons (Fsp3) is 0.538. The van der Waals surface area contributed by atoms with E-state index >= 15 is 0 Å². The normalized spacial score (nSPS) is 20.1. The molecule has 1 unspecified atom stereocenters. The number of thiocarbonyl (C=S) groups is 1. The Kier molecular flexibility index (Phi) is 3.82. The van der Waals surface area contributed by atoms with Gasteiger partial charge in [-0.15, -0.1) is 0 Å². The van der Waals surface area contributed by atoms with Gasteiger partial charge in [-0.25, -0.2) is 4.98 Å². The summed E-state index contributed by atoms with van der Waals surface area (Å²) in [6, 6.07) is 2.44. The summed E-state index contributed by atoms with van der Waals surface area (Å²) in [5, 5.41) is 3.48. The van der Waals surface area contributed by atoms with Gasteiger partial charge < -0.3 is 16.0 Å². The van der Waals surface area contributed by atoms with Crippen LogP contribution in [0.4, 0.5) is 5.82 Å². The molecule has 2 rings (SSSR count). The highest BCUT2D eigenvalue weighted by molar-refractivity contribution is 7.80. The lowest BCUT2D eigenvalue weighted by molar-refractivity contribution is 0.414. The van der Waals surface area contributed by atoms with Crippen molar-refractivity contribution in [3.05, 3.63) is 22.9 Å². The van der Waals surface area contributed by atoms with Gasteiger partial charge in [0.15, 0.2) is 0 Å². The van der Waals surface area contributed by atoms with Crippen molar-refractivity contribution in [2.45, 2.75) is 26.3 Å². The van der Waals surface area contributed by atoms with Gasteiger partial charge in [-0.2, -0.15) is 0 Å². The third-order valence-corrected chi connectivity index (χ3v) is 3.53. The third-order valence-electron chi connectivity index (χ3n) is 3.32. The number of rotatable bonds is 3. The van der Waals surface area contributed by atoms with Crippen LogP contribution in [0.2, 0.25) is 0 Å². The molecule has 4 nitrogen and oxygen atoms in total. The van der Waals surface area contributed by atoms with Crippen LogP contribution in [0.25, 0.3) is 0 Å². The second kappa shape index (κ2) is 5.20.